The number of hydrogen-bond acceptors (Lipinski definition) is 6. The molecule has 2 aromatic carbocycles. The molecule has 2 heterocycles. The SMILES string of the molecule is CCCn1nc(C(=O)Nc2cccc(-c3nnco3)c2)c2ccccc2c1=O. The van der Waals surface area contributed by atoms with Crippen molar-refractivity contribution in [1.82, 2.24) is 20.0 Å². The monoisotopic (exact) mass is 375 g/mol. The minimum Gasteiger partial charge on any atom is -0.423 e. The molecule has 2 aromatic heterocycles. The molecule has 0 fully saturated rings. The Bertz CT molecular complexity index is 1200. The normalized spacial score (nSPS) is 10.9. The molecule has 1 amide bonds. The summed E-state index contributed by atoms with van der Waals surface area (Å²) in [5.74, 6) is -0.0418. The van der Waals surface area contributed by atoms with E-state index in [1.54, 1.807) is 48.5 Å². The van der Waals surface area contributed by atoms with Gasteiger partial charge in [0.05, 0.1) is 5.39 Å². The van der Waals surface area contributed by atoms with Gasteiger partial charge in [0.1, 0.15) is 0 Å². The molecule has 4 aromatic rings. The minimum atomic E-state index is -0.399. The summed E-state index contributed by atoms with van der Waals surface area (Å²) in [4.78, 5) is 25.5. The number of fused-ring (bicyclic) bond motifs is 1. The lowest BCUT2D eigenvalue weighted by Crippen LogP contribution is -2.27. The molecule has 0 aliphatic carbocycles. The molecular formula is C20H17N5O3. The van der Waals surface area contributed by atoms with Crippen LogP contribution in [-0.4, -0.2) is 25.9 Å². The first-order valence-electron chi connectivity index (χ1n) is 8.85. The Morgan fingerprint density at radius 2 is 1.96 bits per heavy atom. The molecule has 4 rings (SSSR count). The van der Waals surface area contributed by atoms with Crippen molar-refractivity contribution in [2.45, 2.75) is 19.9 Å². The van der Waals surface area contributed by atoms with Crippen molar-refractivity contribution in [2.75, 3.05) is 5.32 Å². The summed E-state index contributed by atoms with van der Waals surface area (Å²) in [6.45, 7) is 2.39. The third-order valence-corrected chi connectivity index (χ3v) is 4.25. The van der Waals surface area contributed by atoms with Crippen LogP contribution in [0.4, 0.5) is 5.69 Å². The number of carbonyl (C=O) groups excluding carboxylic acids is 1. The number of anilines is 1. The van der Waals surface area contributed by atoms with E-state index in [1.807, 2.05) is 6.92 Å². The first kappa shape index (κ1) is 17.6. The molecule has 0 unspecified atom stereocenters. The van der Waals surface area contributed by atoms with Crippen molar-refractivity contribution >= 4 is 22.4 Å². The summed E-state index contributed by atoms with van der Waals surface area (Å²) < 4.78 is 6.53. The lowest BCUT2D eigenvalue weighted by atomic mass is 10.1. The van der Waals surface area contributed by atoms with Gasteiger partial charge in [-0.15, -0.1) is 10.2 Å². The van der Waals surface area contributed by atoms with Crippen LogP contribution in [0.25, 0.3) is 22.2 Å². The van der Waals surface area contributed by atoms with Crippen LogP contribution in [0.2, 0.25) is 0 Å². The van der Waals surface area contributed by atoms with Gasteiger partial charge in [-0.05, 0) is 30.7 Å². The van der Waals surface area contributed by atoms with Crippen LogP contribution < -0.4 is 10.9 Å². The predicted octanol–water partition coefficient (Wildman–Crippen LogP) is 3.11. The summed E-state index contributed by atoms with van der Waals surface area (Å²) in [5.41, 5.74) is 1.24. The van der Waals surface area contributed by atoms with Gasteiger partial charge in [0, 0.05) is 23.2 Å². The highest BCUT2D eigenvalue weighted by Crippen LogP contribution is 2.21. The Morgan fingerprint density at radius 3 is 2.71 bits per heavy atom. The van der Waals surface area contributed by atoms with Crippen LogP contribution in [0, 0.1) is 0 Å². The number of nitrogens with zero attached hydrogens (tertiary/aromatic N) is 4. The third kappa shape index (κ3) is 3.27. The highest BCUT2D eigenvalue weighted by molar-refractivity contribution is 6.11. The highest BCUT2D eigenvalue weighted by atomic mass is 16.4. The topological polar surface area (TPSA) is 103 Å². The van der Waals surface area contributed by atoms with Crippen LogP contribution in [0.3, 0.4) is 0 Å². The maximum absolute atomic E-state index is 13.0. The Hall–Kier alpha value is -3.81. The van der Waals surface area contributed by atoms with Crippen molar-refractivity contribution in [3.05, 3.63) is 71.0 Å². The van der Waals surface area contributed by atoms with E-state index in [0.29, 0.717) is 34.5 Å². The van der Waals surface area contributed by atoms with Crippen LogP contribution in [0.1, 0.15) is 23.8 Å². The summed E-state index contributed by atoms with van der Waals surface area (Å²) in [5, 5.41) is 15.7. The Kier molecular flexibility index (Phi) is 4.67. The van der Waals surface area contributed by atoms with Gasteiger partial charge < -0.3 is 9.73 Å². The van der Waals surface area contributed by atoms with Gasteiger partial charge in [0.2, 0.25) is 12.3 Å². The van der Waals surface area contributed by atoms with Crippen molar-refractivity contribution in [3.63, 3.8) is 0 Å². The smallest absolute Gasteiger partial charge is 0.276 e. The zero-order valence-electron chi connectivity index (χ0n) is 15.1. The van der Waals surface area contributed by atoms with Gasteiger partial charge in [-0.3, -0.25) is 9.59 Å². The number of hydrogen-bond donors (Lipinski definition) is 1. The van der Waals surface area contributed by atoms with E-state index in [4.69, 9.17) is 4.42 Å². The maximum atomic E-state index is 13.0. The van der Waals surface area contributed by atoms with Gasteiger partial charge in [-0.25, -0.2) is 4.68 Å². The standard InChI is InChI=1S/C20H17N5O3/c1-2-10-25-20(27)16-9-4-3-8-15(16)17(24-25)18(26)22-14-7-5-6-13(11-14)19-23-21-12-28-19/h3-9,11-12H,2,10H2,1H3,(H,22,26). The molecule has 28 heavy (non-hydrogen) atoms. The third-order valence-electron chi connectivity index (χ3n) is 4.25. The summed E-state index contributed by atoms with van der Waals surface area (Å²) in [6.07, 6.45) is 1.98. The first-order chi connectivity index (χ1) is 13.7. The minimum absolute atomic E-state index is 0.201. The number of aromatic nitrogens is 4. The van der Waals surface area contributed by atoms with Crippen LogP contribution in [0.15, 0.2) is 64.1 Å². The van der Waals surface area contributed by atoms with Crippen LogP contribution >= 0.6 is 0 Å². The zero-order valence-corrected chi connectivity index (χ0v) is 15.1. The van der Waals surface area contributed by atoms with Crippen molar-refractivity contribution in [2.24, 2.45) is 0 Å². The van der Waals surface area contributed by atoms with E-state index in [2.05, 4.69) is 20.6 Å². The maximum Gasteiger partial charge on any atom is 0.276 e. The van der Waals surface area contributed by atoms with Crippen LogP contribution in [0.5, 0.6) is 0 Å². The average molecular weight is 375 g/mol. The molecule has 0 spiro atoms. The van der Waals surface area contributed by atoms with Gasteiger partial charge in [0.25, 0.3) is 11.5 Å². The number of amides is 1. The van der Waals surface area contributed by atoms with Crippen molar-refractivity contribution in [3.8, 4) is 11.5 Å². The molecule has 0 bridgehead atoms. The molecular weight excluding hydrogens is 358 g/mol. The van der Waals surface area contributed by atoms with Gasteiger partial charge in [-0.1, -0.05) is 31.2 Å². The molecule has 0 aliphatic rings. The first-order valence-corrected chi connectivity index (χ1v) is 8.85. The van der Waals surface area contributed by atoms with Gasteiger partial charge in [-0.2, -0.15) is 5.10 Å². The largest absolute Gasteiger partial charge is 0.423 e. The molecule has 0 atom stereocenters. The van der Waals surface area contributed by atoms with Gasteiger partial charge >= 0.3 is 0 Å². The Labute approximate surface area is 159 Å². The summed E-state index contributed by atoms with van der Waals surface area (Å²) >= 11 is 0. The lowest BCUT2D eigenvalue weighted by molar-refractivity contribution is 0.102. The number of carbonyl (C=O) groups is 1. The second kappa shape index (κ2) is 7.43. The summed E-state index contributed by atoms with van der Waals surface area (Å²) in [6, 6.07) is 14.0. The zero-order chi connectivity index (χ0) is 19.5. The number of benzene rings is 2. The number of nitrogens with one attached hydrogen (secondary N) is 1. The fourth-order valence-electron chi connectivity index (χ4n) is 2.99. The lowest BCUT2D eigenvalue weighted by Gasteiger charge is -2.11. The molecule has 0 radical (unpaired) electrons. The average Bonchev–Trinajstić information content (AvgIpc) is 3.25. The molecule has 0 saturated heterocycles. The predicted molar refractivity (Wildman–Crippen MR) is 104 cm³/mol. The van der Waals surface area contributed by atoms with E-state index in [9.17, 15) is 9.59 Å². The van der Waals surface area contributed by atoms with Crippen LogP contribution in [-0.2, 0) is 6.54 Å². The Morgan fingerprint density at radius 1 is 1.14 bits per heavy atom. The molecule has 1 N–H and O–H groups in total. The molecule has 8 heteroatoms. The van der Waals surface area contributed by atoms with E-state index in [-0.39, 0.29) is 11.3 Å². The second-order valence-corrected chi connectivity index (χ2v) is 6.20. The van der Waals surface area contributed by atoms with E-state index in [0.717, 1.165) is 6.42 Å². The second-order valence-electron chi connectivity index (χ2n) is 6.20. The molecule has 0 saturated carbocycles. The quantitative estimate of drug-likeness (QED) is 0.575. The fraction of sp³-hybridized carbons (Fsp3) is 0.150. The van der Waals surface area contributed by atoms with Crippen molar-refractivity contribution < 1.29 is 9.21 Å². The molecule has 0 aliphatic heterocycles. The molecule has 140 valence electrons. The Balaban J connectivity index is 1.73. The molecule has 8 nitrogen and oxygen atoms in total. The number of rotatable bonds is 5. The van der Waals surface area contributed by atoms with Gasteiger partial charge in [0.15, 0.2) is 5.69 Å². The van der Waals surface area contributed by atoms with E-state index >= 15 is 0 Å². The van der Waals surface area contributed by atoms with Crippen molar-refractivity contribution in [1.29, 1.82) is 0 Å². The number of aryl methyl sites for hydroxylation is 1. The van der Waals surface area contributed by atoms with E-state index < -0.39 is 5.91 Å². The fourth-order valence-corrected chi connectivity index (χ4v) is 2.99. The highest BCUT2D eigenvalue weighted by Gasteiger charge is 2.17. The summed E-state index contributed by atoms with van der Waals surface area (Å²) in [7, 11) is 0. The van der Waals surface area contributed by atoms with E-state index in [1.165, 1.54) is 11.1 Å².